The lowest BCUT2D eigenvalue weighted by Gasteiger charge is -2.23. The Morgan fingerprint density at radius 1 is 0.957 bits per heavy atom. The minimum absolute atomic E-state index is 0.0660. The molecular formula is C19H28N2O2. The molecule has 0 radical (unpaired) electrons. The summed E-state index contributed by atoms with van der Waals surface area (Å²) >= 11 is 0. The molecule has 1 aromatic carbocycles. The number of carbonyl (C=O) groups excluding carboxylic acids is 2. The van der Waals surface area contributed by atoms with Gasteiger partial charge in [0, 0.05) is 38.2 Å². The number of hydrogen-bond donors (Lipinski definition) is 0. The van der Waals surface area contributed by atoms with Crippen LogP contribution in [-0.2, 0) is 10.2 Å². The maximum atomic E-state index is 12.7. The Labute approximate surface area is 139 Å². The van der Waals surface area contributed by atoms with Gasteiger partial charge in [0.25, 0.3) is 5.91 Å². The van der Waals surface area contributed by atoms with Gasteiger partial charge in [-0.3, -0.25) is 9.59 Å². The van der Waals surface area contributed by atoms with Crippen molar-refractivity contribution >= 4 is 11.8 Å². The van der Waals surface area contributed by atoms with Gasteiger partial charge in [0.05, 0.1) is 0 Å². The fourth-order valence-electron chi connectivity index (χ4n) is 2.89. The van der Waals surface area contributed by atoms with Crippen LogP contribution in [0.3, 0.4) is 0 Å². The number of rotatable bonds is 2. The molecule has 1 fully saturated rings. The van der Waals surface area contributed by atoms with Gasteiger partial charge in [-0.1, -0.05) is 39.8 Å². The van der Waals surface area contributed by atoms with Gasteiger partial charge < -0.3 is 9.80 Å². The minimum Gasteiger partial charge on any atom is -0.341 e. The highest BCUT2D eigenvalue weighted by Crippen LogP contribution is 2.22. The summed E-state index contributed by atoms with van der Waals surface area (Å²) in [6.07, 6.45) is 1.37. The molecule has 1 saturated heterocycles. The molecule has 1 aliphatic rings. The molecule has 2 rings (SSSR count). The lowest BCUT2D eigenvalue weighted by Crippen LogP contribution is -2.37. The Morgan fingerprint density at radius 2 is 1.52 bits per heavy atom. The summed E-state index contributed by atoms with van der Waals surface area (Å²) in [6.45, 7) is 11.1. The summed E-state index contributed by atoms with van der Waals surface area (Å²) in [5, 5.41) is 0. The van der Waals surface area contributed by atoms with E-state index in [0.717, 1.165) is 18.5 Å². The normalized spacial score (nSPS) is 16.2. The van der Waals surface area contributed by atoms with Crippen molar-refractivity contribution in [3.05, 3.63) is 35.4 Å². The van der Waals surface area contributed by atoms with Crippen molar-refractivity contribution in [2.45, 2.75) is 46.0 Å². The van der Waals surface area contributed by atoms with E-state index in [9.17, 15) is 9.59 Å². The smallest absolute Gasteiger partial charge is 0.253 e. The lowest BCUT2D eigenvalue weighted by molar-refractivity contribution is -0.130. The molecule has 0 spiro atoms. The van der Waals surface area contributed by atoms with Gasteiger partial charge in [-0.2, -0.15) is 0 Å². The quantitative estimate of drug-likeness (QED) is 0.841. The maximum absolute atomic E-state index is 12.7. The van der Waals surface area contributed by atoms with Crippen molar-refractivity contribution in [2.75, 3.05) is 26.2 Å². The van der Waals surface area contributed by atoms with Crippen LogP contribution in [0.4, 0.5) is 0 Å². The molecule has 0 N–H and O–H groups in total. The van der Waals surface area contributed by atoms with Gasteiger partial charge in [0.2, 0.25) is 5.91 Å². The van der Waals surface area contributed by atoms with Crippen LogP contribution < -0.4 is 0 Å². The molecule has 0 bridgehead atoms. The SMILES string of the molecule is CCC(=O)N1CCCN(C(=O)c2ccc(C(C)(C)C)cc2)CC1. The fourth-order valence-corrected chi connectivity index (χ4v) is 2.89. The van der Waals surface area contributed by atoms with E-state index in [4.69, 9.17) is 0 Å². The Balaban J connectivity index is 2.04. The van der Waals surface area contributed by atoms with Crippen LogP contribution in [0, 0.1) is 0 Å². The molecule has 126 valence electrons. The van der Waals surface area contributed by atoms with Crippen LogP contribution in [0.1, 0.15) is 56.5 Å². The molecule has 0 atom stereocenters. The third-order valence-electron chi connectivity index (χ3n) is 4.44. The van der Waals surface area contributed by atoms with Crippen LogP contribution in [0.2, 0.25) is 0 Å². The van der Waals surface area contributed by atoms with E-state index in [1.54, 1.807) is 0 Å². The minimum atomic E-state index is 0.0660. The first-order chi connectivity index (χ1) is 10.8. The average molecular weight is 316 g/mol. The summed E-state index contributed by atoms with van der Waals surface area (Å²) in [4.78, 5) is 28.2. The Bertz CT molecular complexity index is 558. The zero-order valence-corrected chi connectivity index (χ0v) is 14.8. The molecule has 0 aliphatic carbocycles. The first-order valence-electron chi connectivity index (χ1n) is 8.50. The number of carbonyl (C=O) groups is 2. The van der Waals surface area contributed by atoms with Crippen molar-refractivity contribution in [3.63, 3.8) is 0 Å². The van der Waals surface area contributed by atoms with Crippen LogP contribution in [0.5, 0.6) is 0 Å². The van der Waals surface area contributed by atoms with Crippen molar-refractivity contribution in [3.8, 4) is 0 Å². The molecular weight excluding hydrogens is 288 g/mol. The maximum Gasteiger partial charge on any atom is 0.253 e. The number of amides is 2. The number of nitrogens with zero attached hydrogens (tertiary/aromatic N) is 2. The van der Waals surface area contributed by atoms with Crippen molar-refractivity contribution in [2.24, 2.45) is 0 Å². The Hall–Kier alpha value is -1.84. The standard InChI is InChI=1S/C19H28N2O2/c1-5-17(22)20-11-6-12-21(14-13-20)18(23)15-7-9-16(10-8-15)19(2,3)4/h7-10H,5-6,11-14H2,1-4H3. The second kappa shape index (κ2) is 7.16. The third kappa shape index (κ3) is 4.34. The second-order valence-corrected chi connectivity index (χ2v) is 7.21. The van der Waals surface area contributed by atoms with Gasteiger partial charge in [-0.15, -0.1) is 0 Å². The third-order valence-corrected chi connectivity index (χ3v) is 4.44. The zero-order chi connectivity index (χ0) is 17.0. The highest BCUT2D eigenvalue weighted by molar-refractivity contribution is 5.94. The zero-order valence-electron chi connectivity index (χ0n) is 14.8. The van der Waals surface area contributed by atoms with Crippen molar-refractivity contribution < 1.29 is 9.59 Å². The summed E-state index contributed by atoms with van der Waals surface area (Å²) in [6, 6.07) is 7.92. The van der Waals surface area contributed by atoms with E-state index in [1.807, 2.05) is 41.0 Å². The van der Waals surface area contributed by atoms with E-state index >= 15 is 0 Å². The molecule has 0 saturated carbocycles. The van der Waals surface area contributed by atoms with E-state index < -0.39 is 0 Å². The van der Waals surface area contributed by atoms with Crippen LogP contribution in [-0.4, -0.2) is 47.8 Å². The predicted octanol–water partition coefficient (Wildman–Crippen LogP) is 3.07. The molecule has 4 heteroatoms. The largest absolute Gasteiger partial charge is 0.341 e. The van der Waals surface area contributed by atoms with Gasteiger partial charge in [-0.25, -0.2) is 0 Å². The molecule has 1 heterocycles. The van der Waals surface area contributed by atoms with Crippen LogP contribution >= 0.6 is 0 Å². The first kappa shape index (κ1) is 17.5. The molecule has 23 heavy (non-hydrogen) atoms. The molecule has 1 aliphatic heterocycles. The summed E-state index contributed by atoms with van der Waals surface area (Å²) in [7, 11) is 0. The topological polar surface area (TPSA) is 40.6 Å². The van der Waals surface area contributed by atoms with Gasteiger partial charge >= 0.3 is 0 Å². The molecule has 1 aromatic rings. The van der Waals surface area contributed by atoms with Crippen molar-refractivity contribution in [1.29, 1.82) is 0 Å². The van der Waals surface area contributed by atoms with Gasteiger partial charge in [0.15, 0.2) is 0 Å². The fraction of sp³-hybridized carbons (Fsp3) is 0.579. The first-order valence-corrected chi connectivity index (χ1v) is 8.50. The molecule has 2 amide bonds. The lowest BCUT2D eigenvalue weighted by atomic mass is 9.86. The molecule has 4 nitrogen and oxygen atoms in total. The van der Waals surface area contributed by atoms with Gasteiger partial charge in [-0.05, 0) is 29.5 Å². The molecule has 0 aromatic heterocycles. The highest BCUT2D eigenvalue weighted by Gasteiger charge is 2.22. The average Bonchev–Trinajstić information content (AvgIpc) is 2.78. The molecule has 0 unspecified atom stereocenters. The van der Waals surface area contributed by atoms with Crippen LogP contribution in [0.15, 0.2) is 24.3 Å². The van der Waals surface area contributed by atoms with E-state index in [0.29, 0.717) is 26.1 Å². The second-order valence-electron chi connectivity index (χ2n) is 7.21. The monoisotopic (exact) mass is 316 g/mol. The van der Waals surface area contributed by atoms with E-state index in [1.165, 1.54) is 5.56 Å². The number of benzene rings is 1. The summed E-state index contributed by atoms with van der Waals surface area (Å²) in [5.41, 5.74) is 2.04. The Kier molecular flexibility index (Phi) is 5.45. The van der Waals surface area contributed by atoms with Gasteiger partial charge in [0.1, 0.15) is 0 Å². The van der Waals surface area contributed by atoms with Crippen LogP contribution in [0.25, 0.3) is 0 Å². The highest BCUT2D eigenvalue weighted by atomic mass is 16.2. The van der Waals surface area contributed by atoms with E-state index in [2.05, 4.69) is 20.8 Å². The number of hydrogen-bond acceptors (Lipinski definition) is 2. The summed E-state index contributed by atoms with van der Waals surface area (Å²) in [5.74, 6) is 0.241. The Morgan fingerprint density at radius 3 is 2.09 bits per heavy atom. The predicted molar refractivity (Wildman–Crippen MR) is 92.5 cm³/mol. The van der Waals surface area contributed by atoms with Crippen molar-refractivity contribution in [1.82, 2.24) is 9.80 Å². The summed E-state index contributed by atoms with van der Waals surface area (Å²) < 4.78 is 0. The van der Waals surface area contributed by atoms with E-state index in [-0.39, 0.29) is 17.2 Å².